The molecule has 0 radical (unpaired) electrons. The van der Waals surface area contributed by atoms with E-state index in [1.165, 1.54) is 89.9 Å². The standard InChI is InChI=1S/C27H50NO2.ClH/c1-4-5-6-7-8-9-10-11-12-13-14-15-16-20-23-28(2,3)24-26(29)25-30-27-21-18-17-19-22-27;/h17-19,21-22,26,29H,4-16,20,23-25H2,1-3H3;1H/q+1;/p-1. The molecule has 182 valence electrons. The number of likely N-dealkylation sites (N-methyl/N-ethyl adjacent to an activating group) is 1. The highest BCUT2D eigenvalue weighted by molar-refractivity contribution is 5.20. The van der Waals surface area contributed by atoms with Crippen LogP contribution in [0, 0.1) is 0 Å². The second-order valence-corrected chi connectivity index (χ2v) is 9.72. The predicted octanol–water partition coefficient (Wildman–Crippen LogP) is 3.99. The molecule has 0 aliphatic heterocycles. The monoisotopic (exact) mass is 455 g/mol. The minimum absolute atomic E-state index is 0. The summed E-state index contributed by atoms with van der Waals surface area (Å²) in [4.78, 5) is 0. The number of para-hydroxylation sites is 1. The smallest absolute Gasteiger partial charge is 0.137 e. The Kier molecular flexibility index (Phi) is 19.4. The van der Waals surface area contributed by atoms with Crippen LogP contribution in [0.2, 0.25) is 0 Å². The topological polar surface area (TPSA) is 29.5 Å². The van der Waals surface area contributed by atoms with Gasteiger partial charge in [0.1, 0.15) is 25.0 Å². The molecule has 3 nitrogen and oxygen atoms in total. The quantitative estimate of drug-likeness (QED) is 0.238. The average molecular weight is 456 g/mol. The number of halogens is 1. The van der Waals surface area contributed by atoms with Crippen molar-refractivity contribution in [2.45, 2.75) is 103 Å². The molecule has 0 aliphatic carbocycles. The molecule has 1 aromatic rings. The van der Waals surface area contributed by atoms with Gasteiger partial charge in [-0.15, -0.1) is 0 Å². The number of aliphatic hydroxyl groups excluding tert-OH is 1. The first-order valence-electron chi connectivity index (χ1n) is 12.7. The highest BCUT2D eigenvalue weighted by Crippen LogP contribution is 2.14. The Balaban J connectivity index is 0.00000900. The molecule has 0 saturated carbocycles. The van der Waals surface area contributed by atoms with Crippen LogP contribution in [0.1, 0.15) is 96.8 Å². The largest absolute Gasteiger partial charge is 1.00 e. The fraction of sp³-hybridized carbons (Fsp3) is 0.778. The summed E-state index contributed by atoms with van der Waals surface area (Å²) < 4.78 is 6.54. The number of unbranched alkanes of at least 4 members (excludes halogenated alkanes) is 13. The summed E-state index contributed by atoms with van der Waals surface area (Å²) in [5, 5.41) is 10.3. The molecule has 1 N–H and O–H groups in total. The van der Waals surface area contributed by atoms with Gasteiger partial charge in [-0.3, -0.25) is 0 Å². The van der Waals surface area contributed by atoms with Crippen LogP contribution >= 0.6 is 0 Å². The zero-order chi connectivity index (χ0) is 21.9. The number of quaternary nitrogens is 1. The Morgan fingerprint density at radius 1 is 0.742 bits per heavy atom. The van der Waals surface area contributed by atoms with Crippen molar-refractivity contribution in [2.75, 3.05) is 33.8 Å². The molecule has 0 aliphatic rings. The minimum Gasteiger partial charge on any atom is -1.00 e. The van der Waals surface area contributed by atoms with E-state index in [4.69, 9.17) is 4.74 Å². The van der Waals surface area contributed by atoms with Crippen LogP contribution in [-0.2, 0) is 0 Å². The van der Waals surface area contributed by atoms with E-state index in [-0.39, 0.29) is 12.4 Å². The fourth-order valence-corrected chi connectivity index (χ4v) is 4.16. The number of hydrogen-bond acceptors (Lipinski definition) is 2. The fourth-order valence-electron chi connectivity index (χ4n) is 4.16. The van der Waals surface area contributed by atoms with E-state index in [2.05, 4.69) is 21.0 Å². The zero-order valence-electron chi connectivity index (χ0n) is 20.7. The van der Waals surface area contributed by atoms with Gasteiger partial charge in [-0.1, -0.05) is 102 Å². The van der Waals surface area contributed by atoms with Gasteiger partial charge < -0.3 is 26.7 Å². The summed E-state index contributed by atoms with van der Waals surface area (Å²) in [6.45, 7) is 4.52. The summed E-state index contributed by atoms with van der Waals surface area (Å²) in [6, 6.07) is 9.75. The number of rotatable bonds is 20. The Bertz CT molecular complexity index is 495. The molecule has 0 fully saturated rings. The van der Waals surface area contributed by atoms with Crippen molar-refractivity contribution >= 4 is 0 Å². The molecule has 0 amide bonds. The van der Waals surface area contributed by atoms with Crippen molar-refractivity contribution < 1.29 is 26.7 Å². The highest BCUT2D eigenvalue weighted by Gasteiger charge is 2.20. The van der Waals surface area contributed by atoms with Crippen LogP contribution in [0.15, 0.2) is 30.3 Å². The maximum absolute atomic E-state index is 10.3. The first-order chi connectivity index (χ1) is 14.5. The lowest BCUT2D eigenvalue weighted by Gasteiger charge is -2.31. The number of hydrogen-bond donors (Lipinski definition) is 1. The molecule has 0 aromatic heterocycles. The minimum atomic E-state index is -0.424. The van der Waals surface area contributed by atoms with Gasteiger partial charge in [0.2, 0.25) is 0 Å². The Morgan fingerprint density at radius 2 is 1.19 bits per heavy atom. The van der Waals surface area contributed by atoms with Gasteiger partial charge in [0.25, 0.3) is 0 Å². The normalized spacial score (nSPS) is 12.4. The van der Waals surface area contributed by atoms with Gasteiger partial charge in [-0.2, -0.15) is 0 Å². The van der Waals surface area contributed by atoms with Gasteiger partial charge in [0.15, 0.2) is 0 Å². The van der Waals surface area contributed by atoms with E-state index in [9.17, 15) is 5.11 Å². The molecule has 1 atom stereocenters. The molecule has 31 heavy (non-hydrogen) atoms. The third-order valence-corrected chi connectivity index (χ3v) is 6.01. The molecule has 0 heterocycles. The second-order valence-electron chi connectivity index (χ2n) is 9.72. The lowest BCUT2D eigenvalue weighted by molar-refractivity contribution is -0.893. The number of ether oxygens (including phenoxy) is 1. The Morgan fingerprint density at radius 3 is 1.68 bits per heavy atom. The molecule has 0 spiro atoms. The van der Waals surface area contributed by atoms with Crippen LogP contribution < -0.4 is 17.1 Å². The third-order valence-electron chi connectivity index (χ3n) is 6.01. The molecule has 1 aromatic carbocycles. The van der Waals surface area contributed by atoms with Crippen molar-refractivity contribution in [1.82, 2.24) is 0 Å². The molecule has 1 rings (SSSR count). The van der Waals surface area contributed by atoms with Crippen molar-refractivity contribution in [3.63, 3.8) is 0 Å². The SMILES string of the molecule is CCCCCCCCCCCCCCCC[N+](C)(C)CC(O)COc1ccccc1.[Cl-]. The van der Waals surface area contributed by atoms with Gasteiger partial charge in [0, 0.05) is 0 Å². The van der Waals surface area contributed by atoms with Gasteiger partial charge >= 0.3 is 0 Å². The zero-order valence-corrected chi connectivity index (χ0v) is 21.4. The van der Waals surface area contributed by atoms with Gasteiger partial charge in [-0.05, 0) is 25.0 Å². The summed E-state index contributed by atoms with van der Waals surface area (Å²) in [7, 11) is 4.43. The van der Waals surface area contributed by atoms with Crippen molar-refractivity contribution in [1.29, 1.82) is 0 Å². The van der Waals surface area contributed by atoms with E-state index in [0.717, 1.165) is 23.3 Å². The summed E-state index contributed by atoms with van der Waals surface area (Å²) in [5.74, 6) is 0.828. The van der Waals surface area contributed by atoms with Crippen LogP contribution in [-0.4, -0.2) is 49.5 Å². The van der Waals surface area contributed by atoms with Crippen LogP contribution in [0.25, 0.3) is 0 Å². The molecular weight excluding hydrogens is 406 g/mol. The molecule has 0 bridgehead atoms. The van der Waals surface area contributed by atoms with E-state index in [0.29, 0.717) is 6.61 Å². The maximum Gasteiger partial charge on any atom is 0.137 e. The number of aliphatic hydroxyl groups is 1. The highest BCUT2D eigenvalue weighted by atomic mass is 35.5. The van der Waals surface area contributed by atoms with E-state index in [1.54, 1.807) is 0 Å². The third kappa shape index (κ3) is 18.5. The predicted molar refractivity (Wildman–Crippen MR) is 130 cm³/mol. The van der Waals surface area contributed by atoms with E-state index >= 15 is 0 Å². The maximum atomic E-state index is 10.3. The summed E-state index contributed by atoms with van der Waals surface area (Å²) in [5.41, 5.74) is 0. The summed E-state index contributed by atoms with van der Waals surface area (Å²) >= 11 is 0. The van der Waals surface area contributed by atoms with Crippen LogP contribution in [0.3, 0.4) is 0 Å². The molecular formula is C27H50ClNO2. The molecule has 0 saturated heterocycles. The number of nitrogens with zero attached hydrogens (tertiary/aromatic N) is 1. The Labute approximate surface area is 199 Å². The Hall–Kier alpha value is -0.770. The van der Waals surface area contributed by atoms with Crippen molar-refractivity contribution in [3.8, 4) is 5.75 Å². The average Bonchev–Trinajstić information content (AvgIpc) is 2.73. The lowest BCUT2D eigenvalue weighted by atomic mass is 10.0. The first kappa shape index (κ1) is 30.2. The van der Waals surface area contributed by atoms with Crippen molar-refractivity contribution in [2.24, 2.45) is 0 Å². The van der Waals surface area contributed by atoms with Gasteiger partial charge in [0.05, 0.1) is 20.6 Å². The first-order valence-corrected chi connectivity index (χ1v) is 12.7. The van der Waals surface area contributed by atoms with Crippen molar-refractivity contribution in [3.05, 3.63) is 30.3 Å². The van der Waals surface area contributed by atoms with E-state index in [1.807, 2.05) is 30.3 Å². The van der Waals surface area contributed by atoms with Crippen LogP contribution in [0.5, 0.6) is 5.75 Å². The number of benzene rings is 1. The second kappa shape index (κ2) is 19.9. The molecule has 4 heteroatoms. The molecule has 1 unspecified atom stereocenters. The van der Waals surface area contributed by atoms with Gasteiger partial charge in [-0.25, -0.2) is 0 Å². The van der Waals surface area contributed by atoms with E-state index < -0.39 is 6.10 Å². The lowest BCUT2D eigenvalue weighted by Crippen LogP contribution is -3.00. The van der Waals surface area contributed by atoms with Crippen LogP contribution in [0.4, 0.5) is 0 Å². The summed E-state index contributed by atoms with van der Waals surface area (Å²) in [6.07, 6.45) is 19.1.